The molecule has 18 heteroatoms. The summed E-state index contributed by atoms with van der Waals surface area (Å²) >= 11 is 0. The van der Waals surface area contributed by atoms with Gasteiger partial charge in [-0.1, -0.05) is 60.7 Å². The first-order valence-electron chi connectivity index (χ1n) is 29.9. The van der Waals surface area contributed by atoms with Crippen LogP contribution in [0.5, 0.6) is 0 Å². The van der Waals surface area contributed by atoms with E-state index in [2.05, 4.69) is 192 Å². The molecule has 0 radical (unpaired) electrons. The van der Waals surface area contributed by atoms with Crippen molar-refractivity contribution in [2.24, 2.45) is 0 Å². The van der Waals surface area contributed by atoms with Crippen LogP contribution in [0.4, 0.5) is 0 Å². The van der Waals surface area contributed by atoms with E-state index < -0.39 is 21.9 Å². The van der Waals surface area contributed by atoms with E-state index >= 15 is 0 Å². The Kier molecular flexibility index (Phi) is 13.9. The molecule has 18 rings (SSSR count). The molecule has 456 valence electrons. The molecule has 4 aliphatic carbocycles. The zero-order valence-corrected chi connectivity index (χ0v) is 55.1. The number of aromatic nitrogens is 12. The van der Waals surface area contributed by atoms with Crippen LogP contribution in [-0.4, -0.2) is 83.8 Å². The first-order valence-corrected chi connectivity index (χ1v) is 29.9. The number of benzene rings is 2. The van der Waals surface area contributed by atoms with Crippen LogP contribution in [0.25, 0.3) is 44.5 Å². The summed E-state index contributed by atoms with van der Waals surface area (Å²) in [5.74, 6) is 0. The minimum absolute atomic E-state index is 0. The zero-order chi connectivity index (χ0) is 60.7. The van der Waals surface area contributed by atoms with Gasteiger partial charge in [0.2, 0.25) is 0 Å². The van der Waals surface area contributed by atoms with Crippen molar-refractivity contribution in [1.82, 2.24) is 79.9 Å². The van der Waals surface area contributed by atoms with E-state index in [-0.39, 0.29) is 42.1 Å². The smallest absolute Gasteiger partial charge is 0.103 e. The van der Waals surface area contributed by atoms with Gasteiger partial charge in [-0.2, -0.15) is 74.3 Å². The van der Waals surface area contributed by atoms with Crippen molar-refractivity contribution < 1.29 is 42.1 Å². The summed E-state index contributed by atoms with van der Waals surface area (Å²) in [4.78, 5) is 49.3. The van der Waals surface area contributed by atoms with Gasteiger partial charge in [-0.05, 0) is 113 Å². The zero-order valence-electron chi connectivity index (χ0n) is 50.6. The SMILES string of the molecule is CC1=C(C)N(C2(c3[c-]c(C4(c5cc[n-]n5)c5ncccc5-c5cccnc54)ccc3)c3ncccc3-c3cccnc32)[CH-]N1C.CC1=C(C)N(C2(c3[c-]c(C4(c5cc[n-]n5)c5ncccc5-c5cccnc54)ccc3)c3ncccc3-c3cccnc32)[CH-]N1C.[Pt].[Pt]. The first kappa shape index (κ1) is 58.5. The Labute approximate surface area is 561 Å². The van der Waals surface area contributed by atoms with E-state index in [9.17, 15) is 0 Å². The molecular weight excluding hydrogens is 1500 g/mol. The average molecular weight is 1560 g/mol. The maximum atomic E-state index is 5.09. The average Bonchev–Trinajstić information content (AvgIpc) is 1.52. The molecule has 12 aromatic rings. The number of nitrogens with zero attached hydrogens (tertiary/aromatic N) is 16. The second-order valence-corrected chi connectivity index (χ2v) is 23.4. The Morgan fingerprint density at radius 1 is 0.326 bits per heavy atom. The number of pyridine rings is 8. The molecule has 12 heterocycles. The van der Waals surface area contributed by atoms with Gasteiger partial charge in [-0.15, -0.1) is 22.3 Å². The predicted octanol–water partition coefficient (Wildman–Crippen LogP) is 11.3. The van der Waals surface area contributed by atoms with E-state index in [1.54, 1.807) is 12.4 Å². The number of allylic oxidation sites excluding steroid dienone is 4. The Balaban J connectivity index is 0.000000149. The van der Waals surface area contributed by atoms with Crippen LogP contribution >= 0.6 is 0 Å². The third kappa shape index (κ3) is 7.65. The van der Waals surface area contributed by atoms with Crippen molar-refractivity contribution in [3.05, 3.63) is 335 Å². The molecule has 0 spiro atoms. The minimum atomic E-state index is -0.925. The van der Waals surface area contributed by atoms with Crippen LogP contribution in [0.15, 0.2) is 230 Å². The van der Waals surface area contributed by atoms with Crippen molar-refractivity contribution in [1.29, 1.82) is 0 Å². The molecule has 0 bridgehead atoms. The van der Waals surface area contributed by atoms with Crippen molar-refractivity contribution in [3.63, 3.8) is 0 Å². The van der Waals surface area contributed by atoms with Crippen LogP contribution in [-0.2, 0) is 64.0 Å². The third-order valence-corrected chi connectivity index (χ3v) is 19.4. The number of hydrogen-bond donors (Lipinski definition) is 0. The quantitative estimate of drug-likeness (QED) is 0.132. The van der Waals surface area contributed by atoms with Gasteiger partial charge in [0, 0.05) is 148 Å². The molecule has 0 fully saturated rings. The van der Waals surface area contributed by atoms with Gasteiger partial charge in [0.1, 0.15) is 11.1 Å². The number of fused-ring (bicyclic) bond motifs is 12. The van der Waals surface area contributed by atoms with Gasteiger partial charge in [0.05, 0.1) is 56.4 Å². The van der Waals surface area contributed by atoms with Crippen molar-refractivity contribution in [2.45, 2.75) is 49.6 Å². The fourth-order valence-electron chi connectivity index (χ4n) is 15.2. The van der Waals surface area contributed by atoms with Gasteiger partial charge in [-0.25, -0.2) is 0 Å². The summed E-state index contributed by atoms with van der Waals surface area (Å²) in [6.07, 6.45) is 18.3. The largest absolute Gasteiger partial charge is 0.581 e. The molecule has 6 aliphatic rings. The fourth-order valence-corrected chi connectivity index (χ4v) is 15.2. The van der Waals surface area contributed by atoms with Crippen molar-refractivity contribution in [3.8, 4) is 44.5 Å². The van der Waals surface area contributed by atoms with Crippen LogP contribution in [0.2, 0.25) is 0 Å². The summed E-state index contributed by atoms with van der Waals surface area (Å²) in [6.45, 7) is 12.9. The molecule has 16 nitrogen and oxygen atoms in total. The normalized spacial score (nSPS) is 16.5. The molecule has 2 aromatic carbocycles. The number of hydrogen-bond acceptors (Lipinski definition) is 14. The summed E-state index contributed by atoms with van der Waals surface area (Å²) in [6, 6.07) is 57.3. The Hall–Kier alpha value is -9.88. The molecule has 0 saturated carbocycles. The summed E-state index contributed by atoms with van der Waals surface area (Å²) in [7, 11) is 4.15. The van der Waals surface area contributed by atoms with Crippen molar-refractivity contribution in [2.75, 3.05) is 14.1 Å². The molecule has 0 N–H and O–H groups in total. The predicted molar refractivity (Wildman–Crippen MR) is 338 cm³/mol. The summed E-state index contributed by atoms with van der Waals surface area (Å²) in [5, 5.41) is 17.9. The molecular formula is C74H54N16Pt2-6. The molecule has 2 aliphatic heterocycles. The Bertz CT molecular complexity index is 4470. The maximum Gasteiger partial charge on any atom is 0.103 e. The summed E-state index contributed by atoms with van der Waals surface area (Å²) < 4.78 is 0. The second kappa shape index (κ2) is 21.9. The van der Waals surface area contributed by atoms with Gasteiger partial charge < -0.3 is 40.0 Å². The molecule has 92 heavy (non-hydrogen) atoms. The maximum absolute atomic E-state index is 5.09. The van der Waals surface area contributed by atoms with E-state index in [0.717, 1.165) is 146 Å². The van der Waals surface area contributed by atoms with E-state index in [1.807, 2.05) is 110 Å². The molecule has 0 saturated heterocycles. The van der Waals surface area contributed by atoms with Crippen LogP contribution in [0, 0.1) is 25.5 Å². The first-order chi connectivity index (χ1) is 44.1. The summed E-state index contributed by atoms with van der Waals surface area (Å²) in [5.41, 5.74) is 21.5. The molecule has 0 unspecified atom stereocenters. The van der Waals surface area contributed by atoms with Gasteiger partial charge >= 0.3 is 0 Å². The van der Waals surface area contributed by atoms with Crippen LogP contribution in [0.1, 0.15) is 107 Å². The van der Waals surface area contributed by atoms with E-state index in [0.29, 0.717) is 0 Å². The standard InChI is InChI=1S/2C37H27N8.2Pt/c2*1-23-24(2)45(22-44(23)3)37(34-29(13-7-18-40-34)30-14-8-19-41-35(30)37)26-10-4-9-25(21-26)36(31-15-20-42-43-31)32-27(11-5-16-38-32)28-12-6-17-39-33(28)36;;/h2*4-20,22H,1-3H3;;/q2*-3;;. The van der Waals surface area contributed by atoms with Gasteiger partial charge in [-0.3, -0.25) is 39.9 Å². The van der Waals surface area contributed by atoms with Gasteiger partial charge in [0.15, 0.2) is 0 Å². The Morgan fingerprint density at radius 2 is 0.587 bits per heavy atom. The van der Waals surface area contributed by atoms with E-state index in [4.69, 9.17) is 39.9 Å². The molecule has 0 amide bonds. The monoisotopic (exact) mass is 1560 g/mol. The second-order valence-electron chi connectivity index (χ2n) is 23.4. The van der Waals surface area contributed by atoms with Gasteiger partial charge in [0.25, 0.3) is 0 Å². The molecule has 10 aromatic heterocycles. The Morgan fingerprint density at radius 3 is 0.837 bits per heavy atom. The van der Waals surface area contributed by atoms with Crippen molar-refractivity contribution >= 4 is 0 Å². The van der Waals surface area contributed by atoms with Crippen LogP contribution in [0.3, 0.4) is 0 Å². The third-order valence-electron chi connectivity index (χ3n) is 19.4. The molecule has 0 atom stereocenters. The van der Waals surface area contributed by atoms with E-state index in [1.165, 1.54) is 0 Å². The topological polar surface area (TPSA) is 170 Å². The minimum Gasteiger partial charge on any atom is -0.581 e. The fraction of sp³-hybridized carbons (Fsp3) is 0.135. The van der Waals surface area contributed by atoms with Crippen LogP contribution < -0.4 is 10.2 Å². The number of rotatable bonds is 8.